The summed E-state index contributed by atoms with van der Waals surface area (Å²) in [6.07, 6.45) is 0.0755. The van der Waals surface area contributed by atoms with Gasteiger partial charge in [-0.15, -0.1) is 0 Å². The highest BCUT2D eigenvalue weighted by Crippen LogP contribution is 2.18. The zero-order chi connectivity index (χ0) is 16.4. The number of fused-ring (bicyclic) bond motifs is 1. The summed E-state index contributed by atoms with van der Waals surface area (Å²) in [6.45, 7) is 6.65. The monoisotopic (exact) mass is 309 g/mol. The van der Waals surface area contributed by atoms with E-state index >= 15 is 0 Å². The van der Waals surface area contributed by atoms with Crippen LogP contribution < -0.4 is 15.5 Å². The van der Waals surface area contributed by atoms with Gasteiger partial charge in [0.2, 0.25) is 0 Å². The van der Waals surface area contributed by atoms with E-state index in [2.05, 4.69) is 5.32 Å². The molecule has 118 valence electrons. The summed E-state index contributed by atoms with van der Waals surface area (Å²) in [4.78, 5) is 12.4. The topological polar surface area (TPSA) is 47.6 Å². The summed E-state index contributed by atoms with van der Waals surface area (Å²) >= 11 is 0. The van der Waals surface area contributed by atoms with Crippen LogP contribution in [0.2, 0.25) is 6.82 Å². The summed E-state index contributed by atoms with van der Waals surface area (Å²) in [7, 11) is 0. The molecule has 5 heteroatoms. The Kier molecular flexibility index (Phi) is 4.39. The van der Waals surface area contributed by atoms with E-state index in [1.807, 2.05) is 51.0 Å². The third kappa shape index (κ3) is 3.56. The maximum Gasteiger partial charge on any atom is 0.324 e. The zero-order valence-corrected chi connectivity index (χ0v) is 13.6. The van der Waals surface area contributed by atoms with E-state index < -0.39 is 0 Å². The minimum Gasteiger partial charge on any atom is -0.491 e. The van der Waals surface area contributed by atoms with Gasteiger partial charge in [0, 0.05) is 11.3 Å². The smallest absolute Gasteiger partial charge is 0.324 e. The SMILES string of the molecule is CB1OCc2ccc(NC(=O)c3cccc(OC(C)C)c3)cc21. The second-order valence-corrected chi connectivity index (χ2v) is 6.02. The van der Waals surface area contributed by atoms with E-state index in [0.29, 0.717) is 17.9 Å². The molecule has 1 N–H and O–H groups in total. The average Bonchev–Trinajstić information content (AvgIpc) is 2.88. The van der Waals surface area contributed by atoms with Crippen LogP contribution in [0.3, 0.4) is 0 Å². The molecule has 0 bridgehead atoms. The fourth-order valence-corrected chi connectivity index (χ4v) is 2.67. The van der Waals surface area contributed by atoms with Crippen molar-refractivity contribution in [2.45, 2.75) is 33.4 Å². The Morgan fingerprint density at radius 3 is 2.87 bits per heavy atom. The van der Waals surface area contributed by atoms with Crippen LogP contribution in [-0.2, 0) is 11.3 Å². The molecule has 0 saturated heterocycles. The molecule has 2 aromatic rings. The number of carbonyl (C=O) groups is 1. The van der Waals surface area contributed by atoms with Gasteiger partial charge in [-0.25, -0.2) is 0 Å². The lowest BCUT2D eigenvalue weighted by Crippen LogP contribution is -2.25. The first-order valence-corrected chi connectivity index (χ1v) is 7.85. The Hall–Kier alpha value is -2.27. The summed E-state index contributed by atoms with van der Waals surface area (Å²) in [5.74, 6) is 0.550. The lowest BCUT2D eigenvalue weighted by Gasteiger charge is -2.11. The molecule has 3 rings (SSSR count). The van der Waals surface area contributed by atoms with Crippen molar-refractivity contribution in [2.75, 3.05) is 5.32 Å². The molecule has 0 aromatic heterocycles. The molecule has 0 fully saturated rings. The second-order valence-electron chi connectivity index (χ2n) is 6.02. The molecule has 0 unspecified atom stereocenters. The molecule has 1 amide bonds. The van der Waals surface area contributed by atoms with Gasteiger partial charge >= 0.3 is 6.92 Å². The standard InChI is InChI=1S/C18H20BNO3/c1-12(2)23-16-6-4-5-13(9-16)18(21)20-15-8-7-14-11-22-19(3)17(14)10-15/h4-10,12H,11H2,1-3H3,(H,20,21). The first-order valence-electron chi connectivity index (χ1n) is 7.85. The van der Waals surface area contributed by atoms with Crippen molar-refractivity contribution in [3.8, 4) is 5.75 Å². The first kappa shape index (κ1) is 15.6. The molecule has 2 aromatic carbocycles. The van der Waals surface area contributed by atoms with Crippen LogP contribution in [0.25, 0.3) is 0 Å². The minimum absolute atomic E-state index is 0.0737. The van der Waals surface area contributed by atoms with Crippen molar-refractivity contribution in [1.29, 1.82) is 0 Å². The third-order valence-corrected chi connectivity index (χ3v) is 3.80. The summed E-state index contributed by atoms with van der Waals surface area (Å²) in [6, 6.07) is 13.1. The highest BCUT2D eigenvalue weighted by atomic mass is 16.5. The van der Waals surface area contributed by atoms with Crippen LogP contribution in [0, 0.1) is 0 Å². The zero-order valence-electron chi connectivity index (χ0n) is 13.6. The average molecular weight is 309 g/mol. The molecular weight excluding hydrogens is 289 g/mol. The molecule has 1 aliphatic heterocycles. The van der Waals surface area contributed by atoms with E-state index in [-0.39, 0.29) is 18.9 Å². The van der Waals surface area contributed by atoms with Crippen LogP contribution in [0.5, 0.6) is 5.75 Å². The van der Waals surface area contributed by atoms with Gasteiger partial charge in [0.15, 0.2) is 0 Å². The highest BCUT2D eigenvalue weighted by molar-refractivity contribution is 6.67. The normalized spacial score (nSPS) is 13.1. The van der Waals surface area contributed by atoms with Gasteiger partial charge in [-0.3, -0.25) is 4.79 Å². The Labute approximate surface area is 136 Å². The Morgan fingerprint density at radius 2 is 2.09 bits per heavy atom. The van der Waals surface area contributed by atoms with Crippen molar-refractivity contribution in [3.63, 3.8) is 0 Å². The van der Waals surface area contributed by atoms with E-state index in [4.69, 9.17) is 9.39 Å². The number of hydrogen-bond acceptors (Lipinski definition) is 3. The molecule has 1 aliphatic rings. The third-order valence-electron chi connectivity index (χ3n) is 3.80. The lowest BCUT2D eigenvalue weighted by molar-refractivity contribution is 0.102. The fourth-order valence-electron chi connectivity index (χ4n) is 2.67. The number of ether oxygens (including phenoxy) is 1. The predicted molar refractivity (Wildman–Crippen MR) is 92.6 cm³/mol. The van der Waals surface area contributed by atoms with Gasteiger partial charge in [-0.2, -0.15) is 0 Å². The number of hydrogen-bond donors (Lipinski definition) is 1. The Morgan fingerprint density at radius 1 is 1.26 bits per heavy atom. The number of nitrogens with one attached hydrogen (secondary N) is 1. The molecule has 0 saturated carbocycles. The van der Waals surface area contributed by atoms with E-state index in [1.165, 1.54) is 5.56 Å². The first-order chi connectivity index (χ1) is 11.0. The predicted octanol–water partition coefficient (Wildman–Crippen LogP) is 3.08. The molecule has 1 heterocycles. The number of benzene rings is 2. The van der Waals surface area contributed by atoms with Crippen LogP contribution in [0.15, 0.2) is 42.5 Å². The van der Waals surface area contributed by atoms with Gasteiger partial charge in [0.25, 0.3) is 5.91 Å². The number of rotatable bonds is 4. The summed E-state index contributed by atoms with van der Waals surface area (Å²) in [5, 5.41) is 2.94. The van der Waals surface area contributed by atoms with Gasteiger partial charge in [0.1, 0.15) is 5.75 Å². The van der Waals surface area contributed by atoms with Crippen molar-refractivity contribution in [3.05, 3.63) is 53.6 Å². The lowest BCUT2D eigenvalue weighted by atomic mass is 9.64. The summed E-state index contributed by atoms with van der Waals surface area (Å²) in [5.41, 5.74) is 3.68. The maximum atomic E-state index is 12.4. The minimum atomic E-state index is -0.147. The molecule has 23 heavy (non-hydrogen) atoms. The van der Waals surface area contributed by atoms with Crippen LogP contribution in [0.1, 0.15) is 29.8 Å². The van der Waals surface area contributed by atoms with Gasteiger partial charge in [-0.1, -0.05) is 19.0 Å². The van der Waals surface area contributed by atoms with E-state index in [1.54, 1.807) is 12.1 Å². The molecule has 0 radical (unpaired) electrons. The summed E-state index contributed by atoms with van der Waals surface area (Å²) < 4.78 is 11.2. The second kappa shape index (κ2) is 6.46. The molecule has 0 aliphatic carbocycles. The molecule has 0 atom stereocenters. The quantitative estimate of drug-likeness (QED) is 0.883. The van der Waals surface area contributed by atoms with Crippen molar-refractivity contribution < 1.29 is 14.2 Å². The molecule has 0 spiro atoms. The van der Waals surface area contributed by atoms with Gasteiger partial charge < -0.3 is 14.7 Å². The molecule has 4 nitrogen and oxygen atoms in total. The number of carbonyl (C=O) groups excluding carboxylic acids is 1. The van der Waals surface area contributed by atoms with Crippen molar-refractivity contribution >= 4 is 24.0 Å². The van der Waals surface area contributed by atoms with Crippen LogP contribution in [0.4, 0.5) is 5.69 Å². The van der Waals surface area contributed by atoms with Gasteiger partial charge in [-0.05, 0) is 55.2 Å². The largest absolute Gasteiger partial charge is 0.491 e. The van der Waals surface area contributed by atoms with Crippen LogP contribution in [-0.4, -0.2) is 18.9 Å². The molecular formula is C18H20BNO3. The maximum absolute atomic E-state index is 12.4. The van der Waals surface area contributed by atoms with E-state index in [9.17, 15) is 4.79 Å². The fraction of sp³-hybridized carbons (Fsp3) is 0.278. The number of amides is 1. The Balaban J connectivity index is 1.76. The van der Waals surface area contributed by atoms with Crippen molar-refractivity contribution in [1.82, 2.24) is 0 Å². The van der Waals surface area contributed by atoms with Crippen LogP contribution >= 0.6 is 0 Å². The highest BCUT2D eigenvalue weighted by Gasteiger charge is 2.23. The van der Waals surface area contributed by atoms with E-state index in [0.717, 1.165) is 11.2 Å². The Bertz CT molecular complexity index is 730. The number of anilines is 1. The van der Waals surface area contributed by atoms with Gasteiger partial charge in [0.05, 0.1) is 12.7 Å². The van der Waals surface area contributed by atoms with Crippen molar-refractivity contribution in [2.24, 2.45) is 0 Å².